The second kappa shape index (κ2) is 4.83. The van der Waals surface area contributed by atoms with E-state index in [-0.39, 0.29) is 5.91 Å². The van der Waals surface area contributed by atoms with Crippen LogP contribution in [0.3, 0.4) is 0 Å². The zero-order valence-electron chi connectivity index (χ0n) is 10.4. The van der Waals surface area contributed by atoms with Crippen molar-refractivity contribution in [3.05, 3.63) is 16.1 Å². The third-order valence-corrected chi connectivity index (χ3v) is 3.49. The summed E-state index contributed by atoms with van der Waals surface area (Å²) in [7, 11) is 0. The molecule has 0 unspecified atom stereocenters. The monoisotopic (exact) mass is 256 g/mol. The van der Waals surface area contributed by atoms with Gasteiger partial charge in [0.15, 0.2) is 0 Å². The molecule has 0 saturated carbocycles. The van der Waals surface area contributed by atoms with Crippen LogP contribution in [-0.2, 0) is 4.79 Å². The minimum absolute atomic E-state index is 0.287. The minimum Gasteiger partial charge on any atom is -0.480 e. The van der Waals surface area contributed by atoms with Gasteiger partial charge in [-0.05, 0) is 27.7 Å². The first kappa shape index (κ1) is 13.6. The first-order valence-electron chi connectivity index (χ1n) is 5.28. The first-order chi connectivity index (χ1) is 7.80. The Morgan fingerprint density at radius 3 is 2.47 bits per heavy atom. The Balaban J connectivity index is 3.04. The Bertz CT molecular complexity index is 440. The maximum Gasteiger partial charge on any atom is 0.329 e. The molecule has 17 heavy (non-hydrogen) atoms. The largest absolute Gasteiger partial charge is 0.480 e. The number of hydrogen-bond acceptors (Lipinski definition) is 4. The van der Waals surface area contributed by atoms with Gasteiger partial charge in [0.05, 0.1) is 11.2 Å². The molecule has 0 radical (unpaired) electrons. The van der Waals surface area contributed by atoms with Gasteiger partial charge < -0.3 is 10.0 Å². The highest BCUT2D eigenvalue weighted by Crippen LogP contribution is 2.21. The van der Waals surface area contributed by atoms with Gasteiger partial charge in [-0.25, -0.2) is 9.78 Å². The molecule has 1 aromatic rings. The Kier molecular flexibility index (Phi) is 3.87. The van der Waals surface area contributed by atoms with E-state index in [0.29, 0.717) is 11.4 Å². The van der Waals surface area contributed by atoms with Gasteiger partial charge in [-0.1, -0.05) is 0 Å². The first-order valence-corrected chi connectivity index (χ1v) is 6.10. The van der Waals surface area contributed by atoms with Gasteiger partial charge in [-0.3, -0.25) is 4.79 Å². The highest BCUT2D eigenvalue weighted by Gasteiger charge is 2.37. The van der Waals surface area contributed by atoms with E-state index in [1.54, 1.807) is 13.8 Å². The molecule has 1 N–H and O–H groups in total. The second-order valence-corrected chi connectivity index (χ2v) is 5.39. The minimum atomic E-state index is -1.22. The van der Waals surface area contributed by atoms with Gasteiger partial charge in [0.1, 0.15) is 10.4 Å². The lowest BCUT2D eigenvalue weighted by Gasteiger charge is -2.33. The molecule has 5 nitrogen and oxygen atoms in total. The smallest absolute Gasteiger partial charge is 0.329 e. The van der Waals surface area contributed by atoms with Crippen molar-refractivity contribution in [3.8, 4) is 0 Å². The van der Waals surface area contributed by atoms with Gasteiger partial charge in [-0.15, -0.1) is 11.3 Å². The van der Waals surface area contributed by atoms with E-state index in [9.17, 15) is 9.59 Å². The molecule has 94 valence electrons. The summed E-state index contributed by atoms with van der Waals surface area (Å²) in [6.45, 7) is 6.95. The van der Waals surface area contributed by atoms with E-state index in [1.165, 1.54) is 36.3 Å². The molecule has 0 aromatic carbocycles. The summed E-state index contributed by atoms with van der Waals surface area (Å²) in [4.78, 5) is 29.1. The third kappa shape index (κ3) is 2.63. The summed E-state index contributed by atoms with van der Waals surface area (Å²) < 4.78 is 0. The molecule has 0 fully saturated rings. The summed E-state index contributed by atoms with van der Waals surface area (Å²) in [5, 5.41) is 9.93. The summed E-state index contributed by atoms with van der Waals surface area (Å²) in [5.41, 5.74) is -1.22. The summed E-state index contributed by atoms with van der Waals surface area (Å²) >= 11 is 1.27. The predicted molar refractivity (Wildman–Crippen MR) is 65.3 cm³/mol. The van der Waals surface area contributed by atoms with Crippen LogP contribution in [0.25, 0.3) is 0 Å². The highest BCUT2D eigenvalue weighted by molar-refractivity contribution is 7.13. The van der Waals surface area contributed by atoms with Gasteiger partial charge in [0.25, 0.3) is 5.91 Å². The van der Waals surface area contributed by atoms with Crippen LogP contribution >= 0.6 is 11.3 Å². The summed E-state index contributed by atoms with van der Waals surface area (Å²) in [5.74, 6) is -1.31. The number of carboxylic acid groups (broad SMARTS) is 1. The molecule has 0 aliphatic rings. The van der Waals surface area contributed by atoms with Gasteiger partial charge in [-0.2, -0.15) is 0 Å². The SMILES string of the molecule is CCN(C(=O)c1cnc(C)s1)C(C)(C)C(=O)O. The van der Waals surface area contributed by atoms with Crippen molar-refractivity contribution < 1.29 is 14.7 Å². The van der Waals surface area contributed by atoms with Gasteiger partial charge in [0.2, 0.25) is 0 Å². The number of carbonyl (C=O) groups is 2. The normalized spacial score (nSPS) is 11.3. The lowest BCUT2D eigenvalue weighted by atomic mass is 10.0. The standard InChI is InChI=1S/C11H16N2O3S/c1-5-13(11(3,4)10(15)16)9(14)8-6-12-7(2)17-8/h6H,5H2,1-4H3,(H,15,16). The van der Waals surface area contributed by atoms with Crippen molar-refractivity contribution in [1.82, 2.24) is 9.88 Å². The Morgan fingerprint density at radius 1 is 1.53 bits per heavy atom. The quantitative estimate of drug-likeness (QED) is 0.891. The number of aryl methyl sites for hydroxylation is 1. The van der Waals surface area contributed by atoms with E-state index in [1.807, 2.05) is 0 Å². The fourth-order valence-electron chi connectivity index (χ4n) is 1.50. The van der Waals surface area contributed by atoms with Crippen molar-refractivity contribution in [3.63, 3.8) is 0 Å². The van der Waals surface area contributed by atoms with Crippen molar-refractivity contribution in [2.45, 2.75) is 33.2 Å². The van der Waals surface area contributed by atoms with Crippen molar-refractivity contribution in [2.24, 2.45) is 0 Å². The van der Waals surface area contributed by atoms with E-state index >= 15 is 0 Å². The predicted octanol–water partition coefficient (Wildman–Crippen LogP) is 1.78. The number of nitrogens with zero attached hydrogens (tertiary/aromatic N) is 2. The molecule has 1 amide bonds. The molecular formula is C11H16N2O3S. The molecule has 1 rings (SSSR count). The number of rotatable bonds is 4. The van der Waals surface area contributed by atoms with E-state index in [4.69, 9.17) is 5.11 Å². The van der Waals surface area contributed by atoms with E-state index in [2.05, 4.69) is 4.98 Å². The highest BCUT2D eigenvalue weighted by atomic mass is 32.1. The zero-order chi connectivity index (χ0) is 13.2. The number of carboxylic acids is 1. The lowest BCUT2D eigenvalue weighted by Crippen LogP contribution is -2.52. The average molecular weight is 256 g/mol. The second-order valence-electron chi connectivity index (χ2n) is 4.16. The molecular weight excluding hydrogens is 240 g/mol. The van der Waals surface area contributed by atoms with Gasteiger partial charge >= 0.3 is 5.97 Å². The zero-order valence-corrected chi connectivity index (χ0v) is 11.2. The van der Waals surface area contributed by atoms with E-state index < -0.39 is 11.5 Å². The maximum atomic E-state index is 12.2. The number of hydrogen-bond donors (Lipinski definition) is 1. The van der Waals surface area contributed by atoms with Crippen LogP contribution in [0.1, 0.15) is 35.5 Å². The van der Waals surface area contributed by atoms with Crippen LogP contribution in [0.5, 0.6) is 0 Å². The number of aromatic nitrogens is 1. The molecule has 1 heterocycles. The molecule has 0 aliphatic heterocycles. The van der Waals surface area contributed by atoms with Crippen molar-refractivity contribution in [2.75, 3.05) is 6.54 Å². The Hall–Kier alpha value is -1.43. The lowest BCUT2D eigenvalue weighted by molar-refractivity contribution is -0.147. The molecule has 6 heteroatoms. The third-order valence-electron chi connectivity index (χ3n) is 2.59. The van der Waals surface area contributed by atoms with Crippen LogP contribution < -0.4 is 0 Å². The molecule has 1 aromatic heterocycles. The molecule has 0 bridgehead atoms. The van der Waals surface area contributed by atoms with Crippen LogP contribution in [0, 0.1) is 6.92 Å². The fraction of sp³-hybridized carbons (Fsp3) is 0.545. The number of aliphatic carboxylic acids is 1. The average Bonchev–Trinajstić information content (AvgIpc) is 2.65. The molecule has 0 aliphatic carbocycles. The van der Waals surface area contributed by atoms with Crippen LogP contribution in [-0.4, -0.2) is 39.0 Å². The van der Waals surface area contributed by atoms with Gasteiger partial charge in [0, 0.05) is 6.54 Å². The molecule has 0 atom stereocenters. The Morgan fingerprint density at radius 2 is 2.12 bits per heavy atom. The van der Waals surface area contributed by atoms with Crippen molar-refractivity contribution >= 4 is 23.2 Å². The van der Waals surface area contributed by atoms with Crippen molar-refractivity contribution in [1.29, 1.82) is 0 Å². The topological polar surface area (TPSA) is 70.5 Å². The number of carbonyl (C=O) groups excluding carboxylic acids is 1. The summed E-state index contributed by atoms with van der Waals surface area (Å²) in [6.07, 6.45) is 1.49. The molecule has 0 saturated heterocycles. The fourth-order valence-corrected chi connectivity index (χ4v) is 2.23. The van der Waals surface area contributed by atoms with Crippen LogP contribution in [0.4, 0.5) is 0 Å². The Labute approximate surface area is 104 Å². The summed E-state index contributed by atoms with van der Waals surface area (Å²) in [6, 6.07) is 0. The van der Waals surface area contributed by atoms with Crippen LogP contribution in [0.15, 0.2) is 6.20 Å². The number of amides is 1. The van der Waals surface area contributed by atoms with E-state index in [0.717, 1.165) is 5.01 Å². The maximum absolute atomic E-state index is 12.2. The van der Waals surface area contributed by atoms with Crippen LogP contribution in [0.2, 0.25) is 0 Å². The number of thiazole rings is 1. The number of likely N-dealkylation sites (N-methyl/N-ethyl adjacent to an activating group) is 1. The molecule has 0 spiro atoms.